The molecule has 0 aliphatic rings. The van der Waals surface area contributed by atoms with Crippen molar-refractivity contribution in [2.75, 3.05) is 0 Å². The third kappa shape index (κ3) is 2.12. The van der Waals surface area contributed by atoms with Gasteiger partial charge in [0.05, 0.1) is 0 Å². The van der Waals surface area contributed by atoms with Crippen molar-refractivity contribution >= 4 is 55.2 Å². The highest BCUT2D eigenvalue weighted by Gasteiger charge is 2.15. The molecule has 0 unspecified atom stereocenters. The summed E-state index contributed by atoms with van der Waals surface area (Å²) in [5.74, 6) is -0.480. The number of rotatable bonds is 2. The number of Topliss-reactive ketones (excluding diaryl/α,β-unsaturated/α-hetero) is 1. The molecule has 0 amide bonds. The van der Waals surface area contributed by atoms with Crippen molar-refractivity contribution in [1.82, 2.24) is 0 Å². The molecule has 0 saturated heterocycles. The maximum atomic E-state index is 12.5. The highest BCUT2D eigenvalue weighted by atomic mass is 16.2. The van der Waals surface area contributed by atoms with Crippen molar-refractivity contribution in [2.45, 2.75) is 0 Å². The molecule has 0 atom stereocenters. The van der Waals surface area contributed by atoms with Crippen molar-refractivity contribution in [1.29, 1.82) is 0 Å². The van der Waals surface area contributed by atoms with Crippen molar-refractivity contribution in [3.8, 4) is 0 Å². The van der Waals surface area contributed by atoms with Crippen LogP contribution in [-0.2, 0) is 4.79 Å². The van der Waals surface area contributed by atoms with Crippen LogP contribution in [0, 0.1) is 0 Å². The van der Waals surface area contributed by atoms with E-state index in [9.17, 15) is 9.59 Å². The summed E-state index contributed by atoms with van der Waals surface area (Å²) in [5.41, 5.74) is 0.490. The summed E-state index contributed by atoms with van der Waals surface area (Å²) in [4.78, 5) is 23.9. The quantitative estimate of drug-likeness (QED) is 0.180. The molecular formula is C24H14O2. The summed E-state index contributed by atoms with van der Waals surface area (Å²) in [6.45, 7) is 0. The van der Waals surface area contributed by atoms with Gasteiger partial charge in [0.1, 0.15) is 0 Å². The van der Waals surface area contributed by atoms with E-state index in [1.165, 1.54) is 0 Å². The van der Waals surface area contributed by atoms with Crippen molar-refractivity contribution < 1.29 is 9.59 Å². The lowest BCUT2D eigenvalue weighted by Gasteiger charge is -2.11. The molecule has 0 heterocycles. The number of benzene rings is 5. The fourth-order valence-corrected chi connectivity index (χ4v) is 3.82. The van der Waals surface area contributed by atoms with Crippen LogP contribution in [0.5, 0.6) is 0 Å². The first-order valence-electron chi connectivity index (χ1n) is 8.52. The van der Waals surface area contributed by atoms with Crippen molar-refractivity contribution in [3.63, 3.8) is 0 Å². The Morgan fingerprint density at radius 1 is 0.577 bits per heavy atom. The Bertz CT molecular complexity index is 1270. The van der Waals surface area contributed by atoms with Crippen LogP contribution in [0.25, 0.3) is 43.1 Å². The highest BCUT2D eigenvalue weighted by Crippen LogP contribution is 2.34. The maximum Gasteiger partial charge on any atom is 0.226 e. The van der Waals surface area contributed by atoms with Gasteiger partial charge in [0.15, 0.2) is 6.29 Å². The van der Waals surface area contributed by atoms with Crippen LogP contribution in [0.1, 0.15) is 10.4 Å². The predicted molar refractivity (Wildman–Crippen MR) is 107 cm³/mol. The molecule has 0 aromatic heterocycles. The monoisotopic (exact) mass is 334 g/mol. The Hall–Kier alpha value is -3.52. The second-order valence-electron chi connectivity index (χ2n) is 6.57. The van der Waals surface area contributed by atoms with Crippen molar-refractivity contribution in [3.05, 3.63) is 84.4 Å². The molecule has 2 heteroatoms. The number of ketones is 1. The van der Waals surface area contributed by atoms with Crippen LogP contribution in [0.4, 0.5) is 0 Å². The van der Waals surface area contributed by atoms with E-state index in [1.807, 2.05) is 48.5 Å². The lowest BCUT2D eigenvalue weighted by atomic mass is 9.91. The minimum absolute atomic E-state index is 0.415. The fraction of sp³-hybridized carbons (Fsp3) is 0. The zero-order chi connectivity index (χ0) is 17.7. The number of fused-ring (bicyclic) bond motifs is 4. The smallest absolute Gasteiger partial charge is 0.226 e. The first-order chi connectivity index (χ1) is 12.7. The standard InChI is InChI=1S/C24H14O2/c25-14-23(26)24-21-12-17-7-3-1-5-15(17)9-19(21)11-20-10-16-6-2-4-8-18(16)13-22(20)24/h1-14H. The van der Waals surface area contributed by atoms with Gasteiger partial charge in [-0.25, -0.2) is 0 Å². The molecular weight excluding hydrogens is 320 g/mol. The molecule has 0 bridgehead atoms. The van der Waals surface area contributed by atoms with Gasteiger partial charge in [-0.15, -0.1) is 0 Å². The third-order valence-corrected chi connectivity index (χ3v) is 5.04. The highest BCUT2D eigenvalue weighted by molar-refractivity contribution is 6.40. The van der Waals surface area contributed by atoms with E-state index in [0.717, 1.165) is 43.1 Å². The minimum Gasteiger partial charge on any atom is -0.294 e. The van der Waals surface area contributed by atoms with Gasteiger partial charge < -0.3 is 0 Å². The van der Waals surface area contributed by atoms with E-state index in [2.05, 4.69) is 30.3 Å². The van der Waals surface area contributed by atoms with Gasteiger partial charge in [-0.05, 0) is 73.4 Å². The van der Waals surface area contributed by atoms with Crippen LogP contribution in [0.3, 0.4) is 0 Å². The average molecular weight is 334 g/mol. The average Bonchev–Trinajstić information content (AvgIpc) is 2.68. The van der Waals surface area contributed by atoms with E-state index in [1.54, 1.807) is 0 Å². The lowest BCUT2D eigenvalue weighted by Crippen LogP contribution is -2.02. The number of hydrogen-bond donors (Lipinski definition) is 0. The van der Waals surface area contributed by atoms with Gasteiger partial charge in [-0.1, -0.05) is 48.5 Å². The number of carbonyl (C=O) groups excluding carboxylic acids is 2. The van der Waals surface area contributed by atoms with Gasteiger partial charge in [-0.2, -0.15) is 0 Å². The largest absolute Gasteiger partial charge is 0.294 e. The summed E-state index contributed by atoms with van der Waals surface area (Å²) in [7, 11) is 0. The van der Waals surface area contributed by atoms with E-state index in [-0.39, 0.29) is 0 Å². The topological polar surface area (TPSA) is 34.1 Å². The van der Waals surface area contributed by atoms with Gasteiger partial charge >= 0.3 is 0 Å². The first kappa shape index (κ1) is 14.8. The predicted octanol–water partition coefficient (Wildman–Crippen LogP) is 5.68. The molecule has 26 heavy (non-hydrogen) atoms. The lowest BCUT2D eigenvalue weighted by molar-refractivity contribution is -0.104. The van der Waals surface area contributed by atoms with Crippen LogP contribution in [0.2, 0.25) is 0 Å². The summed E-state index contributed by atoms with van der Waals surface area (Å²) >= 11 is 0. The molecule has 0 aliphatic heterocycles. The van der Waals surface area contributed by atoms with Gasteiger partial charge in [-0.3, -0.25) is 9.59 Å². The van der Waals surface area contributed by atoms with Crippen LogP contribution < -0.4 is 0 Å². The molecule has 5 aromatic carbocycles. The molecule has 2 nitrogen and oxygen atoms in total. The molecule has 0 radical (unpaired) electrons. The summed E-state index contributed by atoms with van der Waals surface area (Å²) in [6.07, 6.45) is 0.415. The van der Waals surface area contributed by atoms with Gasteiger partial charge in [0.2, 0.25) is 5.78 Å². The zero-order valence-corrected chi connectivity index (χ0v) is 13.9. The second kappa shape index (κ2) is 5.50. The van der Waals surface area contributed by atoms with E-state index < -0.39 is 5.78 Å². The van der Waals surface area contributed by atoms with Crippen molar-refractivity contribution in [2.24, 2.45) is 0 Å². The fourth-order valence-electron chi connectivity index (χ4n) is 3.82. The zero-order valence-electron chi connectivity index (χ0n) is 13.9. The van der Waals surface area contributed by atoms with E-state index in [4.69, 9.17) is 0 Å². The van der Waals surface area contributed by atoms with Crippen LogP contribution >= 0.6 is 0 Å². The first-order valence-corrected chi connectivity index (χ1v) is 8.52. The second-order valence-corrected chi connectivity index (χ2v) is 6.57. The van der Waals surface area contributed by atoms with Crippen LogP contribution in [-0.4, -0.2) is 12.1 Å². The molecule has 0 fully saturated rings. The minimum atomic E-state index is -0.480. The number of hydrogen-bond acceptors (Lipinski definition) is 2. The molecule has 5 rings (SSSR count). The SMILES string of the molecule is O=CC(=O)c1c2cc3ccccc3cc2cc2cc3ccccc3cc12. The Labute approximate surface area is 149 Å². The van der Waals surface area contributed by atoms with Gasteiger partial charge in [0.25, 0.3) is 0 Å². The molecule has 0 aliphatic carbocycles. The van der Waals surface area contributed by atoms with Crippen LogP contribution in [0.15, 0.2) is 78.9 Å². The normalized spacial score (nSPS) is 11.4. The molecule has 0 saturated carbocycles. The molecule has 122 valence electrons. The third-order valence-electron chi connectivity index (χ3n) is 5.04. The summed E-state index contributed by atoms with van der Waals surface area (Å²) < 4.78 is 0. The van der Waals surface area contributed by atoms with E-state index >= 15 is 0 Å². The maximum absolute atomic E-state index is 12.5. The van der Waals surface area contributed by atoms with E-state index in [0.29, 0.717) is 11.8 Å². The summed E-state index contributed by atoms with van der Waals surface area (Å²) in [5, 5.41) is 7.93. The Balaban J connectivity index is 2.03. The van der Waals surface area contributed by atoms with Gasteiger partial charge in [0, 0.05) is 5.56 Å². The Morgan fingerprint density at radius 3 is 1.38 bits per heavy atom. The molecule has 0 spiro atoms. The number of aldehydes is 1. The Morgan fingerprint density at radius 2 is 0.962 bits per heavy atom. The summed E-state index contributed by atoms with van der Waals surface area (Å²) in [6, 6.07) is 26.4. The number of carbonyl (C=O) groups is 2. The Kier molecular flexibility index (Phi) is 3.13. The molecule has 0 N–H and O–H groups in total. The molecule has 5 aromatic rings.